The molecule has 1 aliphatic rings. The van der Waals surface area contributed by atoms with Gasteiger partial charge in [-0.2, -0.15) is 0 Å². The molecule has 1 aliphatic carbocycles. The number of halogens is 2. The van der Waals surface area contributed by atoms with E-state index in [0.717, 1.165) is 6.42 Å². The van der Waals surface area contributed by atoms with Crippen LogP contribution in [-0.4, -0.2) is 12.5 Å². The fourth-order valence-electron chi connectivity index (χ4n) is 2.46. The van der Waals surface area contributed by atoms with E-state index in [9.17, 15) is 8.78 Å². The monoisotopic (exact) mass is 280 g/mol. The molecule has 2 rings (SSSR count). The highest BCUT2D eigenvalue weighted by Crippen LogP contribution is 2.36. The summed E-state index contributed by atoms with van der Waals surface area (Å²) in [5.41, 5.74) is 1.17. The highest BCUT2D eigenvalue weighted by Gasteiger charge is 2.33. The molecule has 20 heavy (non-hydrogen) atoms. The number of hydrogen-bond acceptors (Lipinski definition) is 1. The maximum atomic E-state index is 13.0. The summed E-state index contributed by atoms with van der Waals surface area (Å²) in [4.78, 5) is 0. The third kappa shape index (κ3) is 5.41. The van der Waals surface area contributed by atoms with Crippen LogP contribution in [-0.2, 0) is 11.3 Å². The average molecular weight is 280 g/mol. The highest BCUT2D eigenvalue weighted by atomic mass is 19.3. The smallest absolute Gasteiger partial charge is 0.248 e. The fraction of sp³-hybridized carbons (Fsp3) is 0.529. The molecule has 0 bridgehead atoms. The van der Waals surface area contributed by atoms with E-state index < -0.39 is 5.92 Å². The van der Waals surface area contributed by atoms with Crippen molar-refractivity contribution in [2.75, 3.05) is 6.61 Å². The molecule has 0 saturated heterocycles. The van der Waals surface area contributed by atoms with E-state index in [2.05, 4.69) is 12.2 Å². The van der Waals surface area contributed by atoms with Gasteiger partial charge in [0.25, 0.3) is 0 Å². The Hall–Kier alpha value is -1.22. The van der Waals surface area contributed by atoms with Crippen LogP contribution in [0.4, 0.5) is 8.78 Å². The van der Waals surface area contributed by atoms with Crippen molar-refractivity contribution in [1.82, 2.24) is 0 Å². The quantitative estimate of drug-likeness (QED) is 0.528. The van der Waals surface area contributed by atoms with Crippen molar-refractivity contribution < 1.29 is 13.5 Å². The SMILES string of the molecule is FC1(F)CCC(C=CCCOCc2ccccc2)CC1. The second-order valence-electron chi connectivity index (χ2n) is 5.45. The average Bonchev–Trinajstić information content (AvgIpc) is 2.45. The number of allylic oxidation sites excluding steroid dienone is 1. The molecule has 0 unspecified atom stereocenters. The Balaban J connectivity index is 1.56. The normalized spacial score (nSPS) is 19.5. The lowest BCUT2D eigenvalue weighted by Gasteiger charge is -2.26. The van der Waals surface area contributed by atoms with Gasteiger partial charge in [-0.05, 0) is 30.7 Å². The Kier molecular flexibility index (Phi) is 5.72. The lowest BCUT2D eigenvalue weighted by Crippen LogP contribution is -2.23. The van der Waals surface area contributed by atoms with Crippen molar-refractivity contribution >= 4 is 0 Å². The molecule has 1 nitrogen and oxygen atoms in total. The number of benzene rings is 1. The molecule has 1 aromatic carbocycles. The summed E-state index contributed by atoms with van der Waals surface area (Å²) >= 11 is 0. The molecule has 1 saturated carbocycles. The van der Waals surface area contributed by atoms with Crippen molar-refractivity contribution in [3.05, 3.63) is 48.0 Å². The topological polar surface area (TPSA) is 9.23 Å². The molecule has 0 aliphatic heterocycles. The first kappa shape index (κ1) is 15.2. The van der Waals surface area contributed by atoms with Gasteiger partial charge >= 0.3 is 0 Å². The largest absolute Gasteiger partial charge is 0.376 e. The van der Waals surface area contributed by atoms with E-state index in [1.165, 1.54) is 5.56 Å². The zero-order valence-electron chi connectivity index (χ0n) is 11.7. The van der Waals surface area contributed by atoms with Crippen LogP contribution >= 0.6 is 0 Å². The molecule has 0 radical (unpaired) electrons. The van der Waals surface area contributed by atoms with Crippen molar-refractivity contribution in [3.8, 4) is 0 Å². The maximum Gasteiger partial charge on any atom is 0.248 e. The molecule has 1 fully saturated rings. The van der Waals surface area contributed by atoms with Crippen LogP contribution in [0, 0.1) is 5.92 Å². The molecular weight excluding hydrogens is 258 g/mol. The van der Waals surface area contributed by atoms with Crippen LogP contribution in [0.3, 0.4) is 0 Å². The molecule has 110 valence electrons. The van der Waals surface area contributed by atoms with Crippen LogP contribution in [0.15, 0.2) is 42.5 Å². The first-order valence-electron chi connectivity index (χ1n) is 7.32. The Labute approximate surface area is 119 Å². The molecular formula is C17H22F2O. The molecule has 3 heteroatoms. The minimum absolute atomic E-state index is 0.0342. The van der Waals surface area contributed by atoms with Crippen LogP contribution in [0.5, 0.6) is 0 Å². The molecule has 0 aromatic heterocycles. The predicted molar refractivity (Wildman–Crippen MR) is 76.8 cm³/mol. The van der Waals surface area contributed by atoms with E-state index >= 15 is 0 Å². The van der Waals surface area contributed by atoms with Gasteiger partial charge in [-0.1, -0.05) is 42.5 Å². The standard InChI is InChI=1S/C17H22F2O/c18-17(19)11-9-15(10-12-17)6-4-5-13-20-14-16-7-2-1-3-8-16/h1-4,6-8,15H,5,9-14H2. The van der Waals surface area contributed by atoms with Gasteiger partial charge < -0.3 is 4.74 Å². The summed E-state index contributed by atoms with van der Waals surface area (Å²) in [5.74, 6) is -2.10. The lowest BCUT2D eigenvalue weighted by atomic mass is 9.86. The minimum Gasteiger partial charge on any atom is -0.376 e. The number of hydrogen-bond donors (Lipinski definition) is 0. The summed E-state index contributed by atoms with van der Waals surface area (Å²) in [7, 11) is 0. The minimum atomic E-state index is -2.43. The highest BCUT2D eigenvalue weighted by molar-refractivity contribution is 5.13. The second-order valence-corrected chi connectivity index (χ2v) is 5.45. The van der Waals surface area contributed by atoms with Gasteiger partial charge in [-0.15, -0.1) is 0 Å². The number of alkyl halides is 2. The van der Waals surface area contributed by atoms with Gasteiger partial charge in [0.1, 0.15) is 0 Å². The van der Waals surface area contributed by atoms with Gasteiger partial charge in [-0.3, -0.25) is 0 Å². The maximum absolute atomic E-state index is 13.0. The van der Waals surface area contributed by atoms with Gasteiger partial charge in [-0.25, -0.2) is 8.78 Å². The summed E-state index contributed by atoms with van der Waals surface area (Å²) in [5, 5.41) is 0. The molecule has 1 aromatic rings. The zero-order valence-corrected chi connectivity index (χ0v) is 11.7. The second kappa shape index (κ2) is 7.53. The van der Waals surface area contributed by atoms with Crippen LogP contribution in [0.25, 0.3) is 0 Å². The molecule has 0 heterocycles. The van der Waals surface area contributed by atoms with Crippen molar-refractivity contribution in [2.45, 2.75) is 44.6 Å². The lowest BCUT2D eigenvalue weighted by molar-refractivity contribution is -0.0411. The van der Waals surface area contributed by atoms with Gasteiger partial charge in [0.2, 0.25) is 5.92 Å². The van der Waals surface area contributed by atoms with E-state index in [1.54, 1.807) is 0 Å². The van der Waals surface area contributed by atoms with E-state index in [4.69, 9.17) is 4.74 Å². The van der Waals surface area contributed by atoms with Gasteiger partial charge in [0.05, 0.1) is 13.2 Å². The summed E-state index contributed by atoms with van der Waals surface area (Å²) < 4.78 is 31.5. The third-order valence-corrected chi connectivity index (χ3v) is 3.71. The van der Waals surface area contributed by atoms with Gasteiger partial charge in [0.15, 0.2) is 0 Å². The molecule has 0 atom stereocenters. The molecule has 0 N–H and O–H groups in total. The Morgan fingerprint density at radius 3 is 2.55 bits per heavy atom. The first-order chi connectivity index (χ1) is 9.66. The van der Waals surface area contributed by atoms with Crippen LogP contribution < -0.4 is 0 Å². The summed E-state index contributed by atoms with van der Waals surface area (Å²) in [6.07, 6.45) is 6.28. The van der Waals surface area contributed by atoms with Crippen molar-refractivity contribution in [1.29, 1.82) is 0 Å². The van der Waals surface area contributed by atoms with Crippen LogP contribution in [0.1, 0.15) is 37.7 Å². The third-order valence-electron chi connectivity index (χ3n) is 3.71. The molecule has 0 amide bonds. The summed E-state index contributed by atoms with van der Waals surface area (Å²) in [6.45, 7) is 1.30. The fourth-order valence-corrected chi connectivity index (χ4v) is 2.46. The van der Waals surface area contributed by atoms with Gasteiger partial charge in [0, 0.05) is 12.8 Å². The Morgan fingerprint density at radius 2 is 1.85 bits per heavy atom. The van der Waals surface area contributed by atoms with Crippen molar-refractivity contribution in [3.63, 3.8) is 0 Å². The Morgan fingerprint density at radius 1 is 1.15 bits per heavy atom. The summed E-state index contributed by atoms with van der Waals surface area (Å²) in [6, 6.07) is 10.1. The van der Waals surface area contributed by atoms with Crippen molar-refractivity contribution in [2.24, 2.45) is 5.92 Å². The Bertz CT molecular complexity index is 404. The predicted octanol–water partition coefficient (Wildman–Crippen LogP) is 4.98. The van der Waals surface area contributed by atoms with E-state index in [1.807, 2.05) is 30.3 Å². The van der Waals surface area contributed by atoms with E-state index in [0.29, 0.717) is 32.0 Å². The molecule has 0 spiro atoms. The number of ether oxygens (including phenoxy) is 1. The van der Waals surface area contributed by atoms with E-state index in [-0.39, 0.29) is 12.8 Å². The zero-order chi connectivity index (χ0) is 14.3. The van der Waals surface area contributed by atoms with Crippen LogP contribution in [0.2, 0.25) is 0 Å². The number of rotatable bonds is 6. The first-order valence-corrected chi connectivity index (χ1v) is 7.32.